The van der Waals surface area contributed by atoms with Crippen LogP contribution < -0.4 is 10.4 Å². The van der Waals surface area contributed by atoms with Gasteiger partial charge >= 0.3 is 0 Å². The van der Waals surface area contributed by atoms with Gasteiger partial charge in [0.1, 0.15) is 0 Å². The molecule has 0 N–H and O–H groups in total. The summed E-state index contributed by atoms with van der Waals surface area (Å²) in [6, 6.07) is 17.8. The summed E-state index contributed by atoms with van der Waals surface area (Å²) in [5.41, 5.74) is 2.50. The van der Waals surface area contributed by atoms with Gasteiger partial charge in [-0.2, -0.15) is 0 Å². The topological polar surface area (TPSA) is 18.5 Å². The van der Waals surface area contributed by atoms with Gasteiger partial charge in [0.15, 0.2) is 0 Å². The molecule has 0 amide bonds. The van der Waals surface area contributed by atoms with E-state index in [1.54, 1.807) is 0 Å². The van der Waals surface area contributed by atoms with Crippen molar-refractivity contribution in [3.63, 3.8) is 0 Å². The van der Waals surface area contributed by atoms with Crippen molar-refractivity contribution in [1.82, 2.24) is 0 Å². The average Bonchev–Trinajstić information content (AvgIpc) is 2.55. The van der Waals surface area contributed by atoms with Crippen LogP contribution in [0.2, 0.25) is 26.2 Å². The summed E-state index contributed by atoms with van der Waals surface area (Å²) in [4.78, 5) is 0. The highest BCUT2D eigenvalue weighted by Crippen LogP contribution is 2.19. The minimum atomic E-state index is -1.76. The molecule has 4 heteroatoms. The zero-order chi connectivity index (χ0) is 17.8. The Kier molecular flexibility index (Phi) is 6.20. The van der Waals surface area contributed by atoms with Crippen molar-refractivity contribution < 1.29 is 8.85 Å². The van der Waals surface area contributed by atoms with Crippen LogP contribution in [-0.2, 0) is 8.85 Å². The van der Waals surface area contributed by atoms with E-state index in [0.717, 1.165) is 13.2 Å². The van der Waals surface area contributed by atoms with Crippen molar-refractivity contribution in [3.8, 4) is 11.1 Å². The first-order valence-electron chi connectivity index (χ1n) is 8.79. The van der Waals surface area contributed by atoms with Crippen LogP contribution in [-0.4, -0.2) is 29.8 Å². The van der Waals surface area contributed by atoms with E-state index >= 15 is 0 Å². The fourth-order valence-corrected chi connectivity index (χ4v) is 6.73. The molecule has 0 bridgehead atoms. The molecule has 24 heavy (non-hydrogen) atoms. The van der Waals surface area contributed by atoms with Crippen molar-refractivity contribution >= 4 is 27.0 Å². The molecule has 0 atom stereocenters. The average molecular weight is 359 g/mol. The molecule has 2 rings (SSSR count). The highest BCUT2D eigenvalue weighted by molar-refractivity contribution is 6.84. The number of hydrogen-bond acceptors (Lipinski definition) is 2. The van der Waals surface area contributed by atoms with Crippen LogP contribution >= 0.6 is 0 Å². The van der Waals surface area contributed by atoms with E-state index in [1.165, 1.54) is 21.5 Å². The van der Waals surface area contributed by atoms with E-state index in [9.17, 15) is 0 Å². The van der Waals surface area contributed by atoms with E-state index in [-0.39, 0.29) is 0 Å². The zero-order valence-electron chi connectivity index (χ0n) is 15.8. The van der Waals surface area contributed by atoms with Gasteiger partial charge in [0, 0.05) is 13.2 Å². The molecule has 0 aliphatic heterocycles. The van der Waals surface area contributed by atoms with Gasteiger partial charge in [0.05, 0.1) is 0 Å². The minimum Gasteiger partial charge on any atom is -0.413 e. The number of hydrogen-bond donors (Lipinski definition) is 0. The molecule has 0 aliphatic rings. The van der Waals surface area contributed by atoms with Gasteiger partial charge in [0.25, 0.3) is 0 Å². The van der Waals surface area contributed by atoms with E-state index < -0.39 is 16.6 Å². The minimum absolute atomic E-state index is 0.780. The Morgan fingerprint density at radius 2 is 0.875 bits per heavy atom. The monoisotopic (exact) mass is 358 g/mol. The van der Waals surface area contributed by atoms with Crippen LogP contribution in [0.5, 0.6) is 0 Å². The third-order valence-corrected chi connectivity index (χ3v) is 9.97. The second-order valence-corrected chi connectivity index (χ2v) is 14.8. The molecule has 130 valence electrons. The third kappa shape index (κ3) is 4.45. The standard InChI is InChI=1S/C20H30O2Si2/c1-7-21-23(3,4)19-13-9-17(10-14-19)18-11-15-20(16-12-18)24(5,6)22-8-2/h9-16H,7-8H2,1-6H3. The Balaban J connectivity index is 2.21. The first-order chi connectivity index (χ1) is 11.3. The van der Waals surface area contributed by atoms with Crippen LogP contribution in [0, 0.1) is 0 Å². The maximum absolute atomic E-state index is 5.97. The van der Waals surface area contributed by atoms with Gasteiger partial charge < -0.3 is 8.85 Å². The van der Waals surface area contributed by atoms with Crippen LogP contribution in [0.4, 0.5) is 0 Å². The Bertz CT molecular complexity index is 587. The molecule has 2 aromatic rings. The summed E-state index contributed by atoms with van der Waals surface area (Å²) >= 11 is 0. The number of rotatable bonds is 7. The lowest BCUT2D eigenvalue weighted by atomic mass is 10.1. The molecule has 0 unspecified atom stereocenters. The SMILES string of the molecule is CCO[Si](C)(C)c1ccc(-c2ccc([Si](C)(C)OCC)cc2)cc1. The molecule has 0 spiro atoms. The molecule has 0 saturated heterocycles. The summed E-state index contributed by atoms with van der Waals surface area (Å²) in [7, 11) is -3.51. The van der Waals surface area contributed by atoms with Crippen molar-refractivity contribution in [1.29, 1.82) is 0 Å². The van der Waals surface area contributed by atoms with Gasteiger partial charge in [-0.25, -0.2) is 0 Å². The lowest BCUT2D eigenvalue weighted by Gasteiger charge is -2.23. The number of benzene rings is 2. The van der Waals surface area contributed by atoms with Crippen LogP contribution in [0.3, 0.4) is 0 Å². The van der Waals surface area contributed by atoms with Gasteiger partial charge in [-0.1, -0.05) is 48.5 Å². The molecule has 0 aromatic heterocycles. The Labute approximate surface area is 149 Å². The fraction of sp³-hybridized carbons (Fsp3) is 0.400. The van der Waals surface area contributed by atoms with E-state index in [1.807, 2.05) is 0 Å². The van der Waals surface area contributed by atoms with Gasteiger partial charge in [-0.05, 0) is 61.5 Å². The summed E-state index contributed by atoms with van der Waals surface area (Å²) in [6.07, 6.45) is 0. The smallest absolute Gasteiger partial charge is 0.218 e. The zero-order valence-corrected chi connectivity index (χ0v) is 17.8. The van der Waals surface area contributed by atoms with Crippen molar-refractivity contribution in [2.75, 3.05) is 13.2 Å². The molecule has 0 radical (unpaired) electrons. The molecule has 2 nitrogen and oxygen atoms in total. The third-order valence-electron chi connectivity index (χ3n) is 4.50. The molecule has 0 aliphatic carbocycles. The summed E-state index contributed by atoms with van der Waals surface area (Å²) < 4.78 is 11.9. The lowest BCUT2D eigenvalue weighted by molar-refractivity contribution is 0.338. The second-order valence-electron chi connectivity index (χ2n) is 7.04. The van der Waals surface area contributed by atoms with Gasteiger partial charge in [-0.15, -0.1) is 0 Å². The Hall–Kier alpha value is -1.21. The first kappa shape index (κ1) is 19.1. The van der Waals surface area contributed by atoms with E-state index in [2.05, 4.69) is 88.6 Å². The lowest BCUT2D eigenvalue weighted by Crippen LogP contribution is -2.44. The quantitative estimate of drug-likeness (QED) is 0.689. The second kappa shape index (κ2) is 7.78. The molecule has 0 fully saturated rings. The molecule has 2 aromatic carbocycles. The van der Waals surface area contributed by atoms with E-state index in [4.69, 9.17) is 8.85 Å². The normalized spacial score (nSPS) is 12.4. The predicted octanol–water partition coefficient (Wildman–Crippen LogP) is 4.25. The Morgan fingerprint density at radius 1 is 0.583 bits per heavy atom. The molecular weight excluding hydrogens is 328 g/mol. The maximum atomic E-state index is 5.97. The van der Waals surface area contributed by atoms with Gasteiger partial charge in [-0.3, -0.25) is 0 Å². The molecule has 0 saturated carbocycles. The highest BCUT2D eigenvalue weighted by atomic mass is 28.4. The summed E-state index contributed by atoms with van der Waals surface area (Å²) in [6.45, 7) is 14.7. The van der Waals surface area contributed by atoms with Crippen LogP contribution in [0.25, 0.3) is 11.1 Å². The van der Waals surface area contributed by atoms with Gasteiger partial charge in [0.2, 0.25) is 16.6 Å². The van der Waals surface area contributed by atoms with E-state index in [0.29, 0.717) is 0 Å². The van der Waals surface area contributed by atoms with Crippen molar-refractivity contribution in [2.45, 2.75) is 40.0 Å². The molecule has 0 heterocycles. The maximum Gasteiger partial charge on any atom is 0.218 e. The fourth-order valence-electron chi connectivity index (χ4n) is 3.02. The van der Waals surface area contributed by atoms with Crippen molar-refractivity contribution in [3.05, 3.63) is 48.5 Å². The largest absolute Gasteiger partial charge is 0.413 e. The predicted molar refractivity (Wildman–Crippen MR) is 109 cm³/mol. The summed E-state index contributed by atoms with van der Waals surface area (Å²) in [5.74, 6) is 0. The Morgan fingerprint density at radius 3 is 1.12 bits per heavy atom. The highest BCUT2D eigenvalue weighted by Gasteiger charge is 2.25. The van der Waals surface area contributed by atoms with Crippen molar-refractivity contribution in [2.24, 2.45) is 0 Å². The first-order valence-corrected chi connectivity index (χ1v) is 14.6. The summed E-state index contributed by atoms with van der Waals surface area (Å²) in [5, 5.41) is 2.68. The van der Waals surface area contributed by atoms with Crippen LogP contribution in [0.15, 0.2) is 48.5 Å². The molecular formula is C20H30O2Si2. The van der Waals surface area contributed by atoms with Crippen LogP contribution in [0.1, 0.15) is 13.8 Å².